The summed E-state index contributed by atoms with van der Waals surface area (Å²) in [5.41, 5.74) is 3.13. The number of anilines is 1. The second-order valence-electron chi connectivity index (χ2n) is 12.5. The minimum Gasteiger partial charge on any atom is -0.354 e. The van der Waals surface area contributed by atoms with E-state index >= 15 is 0 Å². The Morgan fingerprint density at radius 2 is 1.50 bits per heavy atom. The fraction of sp³-hybridized carbons (Fsp3) is 0.514. The first-order valence-corrected chi connectivity index (χ1v) is 18.3. The molecule has 10 nitrogen and oxygen atoms in total. The van der Waals surface area contributed by atoms with Gasteiger partial charge in [0.1, 0.15) is 0 Å². The number of urea groups is 1. The zero-order valence-corrected chi connectivity index (χ0v) is 28.8. The molecule has 1 atom stereocenters. The number of thioether (sulfide) groups is 1. The molecule has 0 aliphatic carbocycles. The molecule has 11 heteroatoms. The second-order valence-corrected chi connectivity index (χ2v) is 13.8. The average Bonchev–Trinajstić information content (AvgIpc) is 3.56. The number of piperidine rings is 1. The molecule has 0 spiro atoms. The van der Waals surface area contributed by atoms with Crippen molar-refractivity contribution in [2.24, 2.45) is 9.98 Å². The number of carbonyl (C=O) groups excluding carboxylic acids is 4. The number of nitrogens with one attached hydrogen (secondary N) is 2. The number of hydrogen-bond donors (Lipinski definition) is 2. The summed E-state index contributed by atoms with van der Waals surface area (Å²) in [5.74, 6) is 0.666. The summed E-state index contributed by atoms with van der Waals surface area (Å²) in [4.78, 5) is 61.2. The molecule has 0 bridgehead atoms. The average molecular weight is 675 g/mol. The van der Waals surface area contributed by atoms with Crippen molar-refractivity contribution in [1.82, 2.24) is 15.5 Å². The number of rotatable bonds is 17. The summed E-state index contributed by atoms with van der Waals surface area (Å²) in [6.07, 6.45) is 7.85. The number of carbonyl (C=O) groups is 4. The maximum atomic E-state index is 13.5. The van der Waals surface area contributed by atoms with Crippen LogP contribution in [0.15, 0.2) is 70.6 Å². The molecule has 2 aliphatic rings. The fourth-order valence-electron chi connectivity index (χ4n) is 6.27. The number of nitrogens with zero attached hydrogens (tertiary/aromatic N) is 4. The Labute approximate surface area is 289 Å². The third kappa shape index (κ3) is 13.0. The molecule has 5 amide bonds. The summed E-state index contributed by atoms with van der Waals surface area (Å²) in [7, 11) is 0. The van der Waals surface area contributed by atoms with Gasteiger partial charge in [-0.2, -0.15) is 11.8 Å². The van der Waals surface area contributed by atoms with Crippen LogP contribution >= 0.6 is 11.8 Å². The number of para-hydroxylation sites is 1. The summed E-state index contributed by atoms with van der Waals surface area (Å²) in [6, 6.07) is 20.0. The van der Waals surface area contributed by atoms with Gasteiger partial charge in [-0.15, -0.1) is 0 Å². The van der Waals surface area contributed by atoms with E-state index in [0.29, 0.717) is 37.6 Å². The summed E-state index contributed by atoms with van der Waals surface area (Å²) < 4.78 is 0. The van der Waals surface area contributed by atoms with E-state index in [0.717, 1.165) is 81.7 Å². The van der Waals surface area contributed by atoms with Gasteiger partial charge >= 0.3 is 6.03 Å². The van der Waals surface area contributed by atoms with Crippen molar-refractivity contribution in [3.05, 3.63) is 66.2 Å². The van der Waals surface area contributed by atoms with E-state index in [1.165, 1.54) is 5.56 Å². The molecule has 258 valence electrons. The van der Waals surface area contributed by atoms with E-state index in [9.17, 15) is 19.2 Å². The van der Waals surface area contributed by atoms with Crippen molar-refractivity contribution in [1.29, 1.82) is 0 Å². The lowest BCUT2D eigenvalue weighted by atomic mass is 10.0. The van der Waals surface area contributed by atoms with Crippen LogP contribution < -0.4 is 15.5 Å². The van der Waals surface area contributed by atoms with Crippen LogP contribution in [0, 0.1) is 0 Å². The van der Waals surface area contributed by atoms with Crippen LogP contribution in [0.2, 0.25) is 0 Å². The lowest BCUT2D eigenvalue weighted by molar-refractivity contribution is -0.123. The molecule has 0 radical (unpaired) electrons. The van der Waals surface area contributed by atoms with Gasteiger partial charge in [-0.3, -0.25) is 14.4 Å². The molecule has 2 aromatic rings. The zero-order chi connectivity index (χ0) is 34.0. The van der Waals surface area contributed by atoms with Gasteiger partial charge in [0, 0.05) is 80.4 Å². The molecule has 0 unspecified atom stereocenters. The van der Waals surface area contributed by atoms with Gasteiger partial charge < -0.3 is 20.4 Å². The van der Waals surface area contributed by atoms with E-state index in [4.69, 9.17) is 0 Å². The first-order valence-electron chi connectivity index (χ1n) is 17.3. The van der Waals surface area contributed by atoms with Crippen molar-refractivity contribution in [3.63, 3.8) is 0 Å². The monoisotopic (exact) mass is 674 g/mol. The SMILES string of the molecule is C=NC(=O)/N=C1/CS[C@@H](CCCCC(=O)NCCNC(=O)CCCC(=O)N(c2ccccc2)C2CCN(CCc3ccccc3)CC2)C1. The standard InChI is InChI=1S/C37H50N6O4S/c1-38-37(47)41-30-27-33(48-28-30)15-8-9-16-34(44)39-22-23-40-35(45)17-10-18-36(46)43(31-13-6-3-7-14-31)32-20-25-42(26-21-32)24-19-29-11-4-2-5-12-29/h2-7,11-14,32-33H,1,8-10,15-28H2,(H,39,44)(H,40,45)/b41-30+/t33-/m0/s1. The predicted molar refractivity (Wildman–Crippen MR) is 195 cm³/mol. The largest absolute Gasteiger partial charge is 0.366 e. The Morgan fingerprint density at radius 3 is 2.17 bits per heavy atom. The molecule has 0 aromatic heterocycles. The minimum absolute atomic E-state index is 0.0261. The molecule has 2 heterocycles. The summed E-state index contributed by atoms with van der Waals surface area (Å²) in [6.45, 7) is 6.88. The van der Waals surface area contributed by atoms with Crippen molar-refractivity contribution in [3.8, 4) is 0 Å². The normalized spacial score (nSPS) is 17.6. The van der Waals surface area contributed by atoms with Crippen LogP contribution in [0.25, 0.3) is 0 Å². The van der Waals surface area contributed by atoms with Crippen LogP contribution in [-0.2, 0) is 20.8 Å². The Morgan fingerprint density at radius 1 is 0.854 bits per heavy atom. The van der Waals surface area contributed by atoms with Gasteiger partial charge in [0.15, 0.2) is 0 Å². The Balaban J connectivity index is 1.07. The number of amides is 5. The lowest BCUT2D eigenvalue weighted by Gasteiger charge is -2.38. The molecule has 0 saturated carbocycles. The first kappa shape index (κ1) is 37.0. The lowest BCUT2D eigenvalue weighted by Crippen LogP contribution is -2.48. The number of aliphatic imine (C=N–C) groups is 2. The van der Waals surface area contributed by atoms with Gasteiger partial charge in [-0.05, 0) is 69.4 Å². The van der Waals surface area contributed by atoms with Gasteiger partial charge in [-0.1, -0.05) is 55.0 Å². The minimum atomic E-state index is -0.531. The number of unbranched alkanes of at least 4 members (excludes halogenated alkanes) is 1. The molecule has 2 saturated heterocycles. The third-order valence-electron chi connectivity index (χ3n) is 8.87. The van der Waals surface area contributed by atoms with Crippen molar-refractivity contribution in [2.45, 2.75) is 81.9 Å². The smallest absolute Gasteiger partial charge is 0.354 e. The Kier molecular flexibility index (Phi) is 15.8. The van der Waals surface area contributed by atoms with Crippen molar-refractivity contribution in [2.75, 3.05) is 43.4 Å². The maximum absolute atomic E-state index is 13.5. The van der Waals surface area contributed by atoms with Gasteiger partial charge in [0.05, 0.1) is 0 Å². The third-order valence-corrected chi connectivity index (χ3v) is 10.2. The number of likely N-dealkylation sites (tertiary alicyclic amines) is 1. The number of hydrogen-bond acceptors (Lipinski definition) is 6. The Bertz CT molecular complexity index is 1360. The molecule has 2 fully saturated rings. The van der Waals surface area contributed by atoms with Crippen LogP contribution in [0.5, 0.6) is 0 Å². The molecular weight excluding hydrogens is 625 g/mol. The van der Waals surface area contributed by atoms with Crippen LogP contribution in [0.3, 0.4) is 0 Å². The van der Waals surface area contributed by atoms with E-state index < -0.39 is 6.03 Å². The van der Waals surface area contributed by atoms with Gasteiger partial charge in [0.2, 0.25) is 17.7 Å². The molecule has 48 heavy (non-hydrogen) atoms. The first-order chi connectivity index (χ1) is 23.4. The molecule has 2 aromatic carbocycles. The topological polar surface area (TPSA) is 124 Å². The van der Waals surface area contributed by atoms with E-state index in [1.54, 1.807) is 11.8 Å². The van der Waals surface area contributed by atoms with E-state index in [1.807, 2.05) is 41.3 Å². The second kappa shape index (κ2) is 20.5. The Hall–Kier alpha value is -3.83. The quantitative estimate of drug-likeness (QED) is 0.170. The van der Waals surface area contributed by atoms with Gasteiger partial charge in [-0.25, -0.2) is 14.8 Å². The highest BCUT2D eigenvalue weighted by Gasteiger charge is 2.29. The van der Waals surface area contributed by atoms with Gasteiger partial charge in [0.25, 0.3) is 0 Å². The molecule has 4 rings (SSSR count). The molecular formula is C37H50N6O4S. The van der Waals surface area contributed by atoms with E-state index in [-0.39, 0.29) is 30.2 Å². The highest BCUT2D eigenvalue weighted by molar-refractivity contribution is 8.01. The summed E-state index contributed by atoms with van der Waals surface area (Å²) >= 11 is 1.79. The summed E-state index contributed by atoms with van der Waals surface area (Å²) in [5, 5.41) is 6.15. The van der Waals surface area contributed by atoms with Crippen molar-refractivity contribution >= 4 is 53.6 Å². The van der Waals surface area contributed by atoms with E-state index in [2.05, 4.69) is 56.5 Å². The predicted octanol–water partition coefficient (Wildman–Crippen LogP) is 5.46. The highest BCUT2D eigenvalue weighted by atomic mass is 32.2. The molecule has 2 N–H and O–H groups in total. The zero-order valence-electron chi connectivity index (χ0n) is 28.0. The fourth-order valence-corrected chi connectivity index (χ4v) is 7.52. The maximum Gasteiger partial charge on any atom is 0.366 e. The number of benzene rings is 2. The van der Waals surface area contributed by atoms with Crippen LogP contribution in [-0.4, -0.2) is 90.9 Å². The van der Waals surface area contributed by atoms with Crippen LogP contribution in [0.1, 0.15) is 69.8 Å². The van der Waals surface area contributed by atoms with Crippen LogP contribution in [0.4, 0.5) is 10.5 Å². The highest BCUT2D eigenvalue weighted by Crippen LogP contribution is 2.29. The molecule has 2 aliphatic heterocycles. The van der Waals surface area contributed by atoms with Crippen molar-refractivity contribution < 1.29 is 19.2 Å².